The number of hydrogen-bond acceptors (Lipinski definition) is 5. The summed E-state index contributed by atoms with van der Waals surface area (Å²) in [5.74, 6) is 1.51. The van der Waals surface area contributed by atoms with Crippen LogP contribution in [0, 0.1) is 6.92 Å². The molecular formula is C15H20N2O3. The lowest BCUT2D eigenvalue weighted by Gasteiger charge is -2.12. The zero-order valence-electron chi connectivity index (χ0n) is 12.3. The molecule has 1 aromatic heterocycles. The van der Waals surface area contributed by atoms with E-state index in [9.17, 15) is 5.11 Å². The Morgan fingerprint density at radius 2 is 2.15 bits per heavy atom. The average Bonchev–Trinajstić information content (AvgIpc) is 2.88. The zero-order valence-corrected chi connectivity index (χ0v) is 12.3. The van der Waals surface area contributed by atoms with Crippen LogP contribution in [-0.4, -0.2) is 28.5 Å². The van der Waals surface area contributed by atoms with Crippen LogP contribution in [-0.2, 0) is 0 Å². The number of hydrogen-bond donors (Lipinski definition) is 1. The molecule has 20 heavy (non-hydrogen) atoms. The second kappa shape index (κ2) is 6.05. The normalized spacial score (nSPS) is 14.1. The molecule has 2 aromatic rings. The molecule has 0 saturated carbocycles. The van der Waals surface area contributed by atoms with E-state index in [4.69, 9.17) is 9.26 Å². The van der Waals surface area contributed by atoms with Gasteiger partial charge in [0.25, 0.3) is 0 Å². The smallest absolute Gasteiger partial charge is 0.232 e. The Hall–Kier alpha value is -1.88. The van der Waals surface area contributed by atoms with Gasteiger partial charge < -0.3 is 14.4 Å². The Morgan fingerprint density at radius 3 is 2.75 bits per heavy atom. The van der Waals surface area contributed by atoms with E-state index >= 15 is 0 Å². The molecule has 2 rings (SSSR count). The minimum atomic E-state index is -0.520. The number of nitrogens with zero attached hydrogens (tertiary/aromatic N) is 2. The lowest BCUT2D eigenvalue weighted by Crippen LogP contribution is -2.14. The summed E-state index contributed by atoms with van der Waals surface area (Å²) in [4.78, 5) is 4.39. The molecule has 0 aliphatic rings. The fourth-order valence-electron chi connectivity index (χ4n) is 2.20. The van der Waals surface area contributed by atoms with Gasteiger partial charge in [0.15, 0.2) is 0 Å². The number of aryl methyl sites for hydroxylation is 1. The molecule has 1 heterocycles. The summed E-state index contributed by atoms with van der Waals surface area (Å²) < 4.78 is 10.6. The maximum Gasteiger partial charge on any atom is 0.232 e. The third-order valence-corrected chi connectivity index (χ3v) is 3.38. The molecule has 5 heteroatoms. The van der Waals surface area contributed by atoms with Crippen molar-refractivity contribution in [2.24, 2.45) is 0 Å². The van der Waals surface area contributed by atoms with Crippen LogP contribution in [0.3, 0.4) is 0 Å². The molecule has 2 unspecified atom stereocenters. The van der Waals surface area contributed by atoms with Gasteiger partial charge in [0.2, 0.25) is 11.7 Å². The molecule has 0 bridgehead atoms. The number of rotatable bonds is 5. The van der Waals surface area contributed by atoms with Crippen LogP contribution in [0.25, 0.3) is 11.4 Å². The SMILES string of the molecule is CCC(c1nc(-c2ccc(C)cc2OC)no1)C(C)O. The molecule has 1 N–H and O–H groups in total. The predicted octanol–water partition coefficient (Wildman–Crippen LogP) is 2.93. The standard InChI is InChI=1S/C15H20N2O3/c1-5-11(10(3)18)15-16-14(17-20-15)12-7-6-9(2)8-13(12)19-4/h6-8,10-11,18H,5H2,1-4H3. The van der Waals surface area contributed by atoms with Crippen LogP contribution in [0.1, 0.15) is 37.6 Å². The van der Waals surface area contributed by atoms with E-state index in [0.29, 0.717) is 17.5 Å². The minimum absolute atomic E-state index is 0.146. The quantitative estimate of drug-likeness (QED) is 0.909. The van der Waals surface area contributed by atoms with E-state index < -0.39 is 6.10 Å². The van der Waals surface area contributed by atoms with E-state index in [0.717, 1.165) is 17.5 Å². The molecule has 0 fully saturated rings. The Labute approximate surface area is 118 Å². The van der Waals surface area contributed by atoms with Gasteiger partial charge in [-0.3, -0.25) is 0 Å². The van der Waals surface area contributed by atoms with Crippen molar-refractivity contribution in [1.82, 2.24) is 10.1 Å². The molecule has 0 aliphatic carbocycles. The van der Waals surface area contributed by atoms with Crippen molar-refractivity contribution in [1.29, 1.82) is 0 Å². The van der Waals surface area contributed by atoms with Crippen molar-refractivity contribution in [3.05, 3.63) is 29.7 Å². The highest BCUT2D eigenvalue weighted by Gasteiger charge is 2.23. The highest BCUT2D eigenvalue weighted by atomic mass is 16.5. The first-order valence-corrected chi connectivity index (χ1v) is 6.73. The van der Waals surface area contributed by atoms with Crippen LogP contribution >= 0.6 is 0 Å². The summed E-state index contributed by atoms with van der Waals surface area (Å²) in [6, 6.07) is 5.81. The molecule has 0 aliphatic heterocycles. The molecule has 0 saturated heterocycles. The van der Waals surface area contributed by atoms with Crippen LogP contribution in [0.4, 0.5) is 0 Å². The van der Waals surface area contributed by atoms with Crippen LogP contribution in [0.15, 0.2) is 22.7 Å². The number of aliphatic hydroxyl groups is 1. The zero-order chi connectivity index (χ0) is 14.7. The third kappa shape index (κ3) is 2.82. The third-order valence-electron chi connectivity index (χ3n) is 3.38. The summed E-state index contributed by atoms with van der Waals surface area (Å²) in [5.41, 5.74) is 1.89. The molecule has 108 valence electrons. The summed E-state index contributed by atoms with van der Waals surface area (Å²) in [7, 11) is 1.61. The van der Waals surface area contributed by atoms with Gasteiger partial charge in [-0.05, 0) is 38.0 Å². The maximum absolute atomic E-state index is 9.73. The monoisotopic (exact) mass is 276 g/mol. The fraction of sp³-hybridized carbons (Fsp3) is 0.467. The molecule has 5 nitrogen and oxygen atoms in total. The fourth-order valence-corrected chi connectivity index (χ4v) is 2.20. The molecule has 2 atom stereocenters. The molecular weight excluding hydrogens is 256 g/mol. The molecule has 0 radical (unpaired) electrons. The Kier molecular flexibility index (Phi) is 4.39. The summed E-state index contributed by atoms with van der Waals surface area (Å²) in [6.07, 6.45) is 0.220. The minimum Gasteiger partial charge on any atom is -0.496 e. The summed E-state index contributed by atoms with van der Waals surface area (Å²) >= 11 is 0. The Morgan fingerprint density at radius 1 is 1.40 bits per heavy atom. The van der Waals surface area contributed by atoms with Crippen molar-refractivity contribution in [3.63, 3.8) is 0 Å². The largest absolute Gasteiger partial charge is 0.496 e. The van der Waals surface area contributed by atoms with E-state index in [2.05, 4.69) is 10.1 Å². The van der Waals surface area contributed by atoms with E-state index in [-0.39, 0.29) is 5.92 Å². The Bertz CT molecular complexity index is 578. The van der Waals surface area contributed by atoms with E-state index in [1.54, 1.807) is 14.0 Å². The van der Waals surface area contributed by atoms with Crippen molar-refractivity contribution in [2.45, 2.75) is 39.2 Å². The van der Waals surface area contributed by atoms with Crippen molar-refractivity contribution in [3.8, 4) is 17.1 Å². The van der Waals surface area contributed by atoms with Crippen molar-refractivity contribution in [2.75, 3.05) is 7.11 Å². The number of benzene rings is 1. The average molecular weight is 276 g/mol. The van der Waals surface area contributed by atoms with Gasteiger partial charge >= 0.3 is 0 Å². The lowest BCUT2D eigenvalue weighted by atomic mass is 10.0. The van der Waals surface area contributed by atoms with Crippen molar-refractivity contribution < 1.29 is 14.4 Å². The van der Waals surface area contributed by atoms with E-state index in [1.165, 1.54) is 0 Å². The maximum atomic E-state index is 9.73. The van der Waals surface area contributed by atoms with Gasteiger partial charge in [-0.1, -0.05) is 18.1 Å². The first-order chi connectivity index (χ1) is 9.56. The Balaban J connectivity index is 2.38. The van der Waals surface area contributed by atoms with Gasteiger partial charge in [-0.15, -0.1) is 0 Å². The second-order valence-corrected chi connectivity index (χ2v) is 4.92. The first kappa shape index (κ1) is 14.5. The van der Waals surface area contributed by atoms with Gasteiger partial charge in [-0.2, -0.15) is 4.98 Å². The molecule has 0 spiro atoms. The number of aromatic nitrogens is 2. The van der Waals surface area contributed by atoms with Gasteiger partial charge in [0, 0.05) is 0 Å². The molecule has 0 amide bonds. The van der Waals surface area contributed by atoms with Crippen molar-refractivity contribution >= 4 is 0 Å². The van der Waals surface area contributed by atoms with Gasteiger partial charge in [-0.25, -0.2) is 0 Å². The number of methoxy groups -OCH3 is 1. The number of ether oxygens (including phenoxy) is 1. The van der Waals surface area contributed by atoms with Crippen LogP contribution in [0.5, 0.6) is 5.75 Å². The van der Waals surface area contributed by atoms with Crippen LogP contribution in [0.2, 0.25) is 0 Å². The highest BCUT2D eigenvalue weighted by molar-refractivity contribution is 5.64. The molecule has 1 aromatic carbocycles. The van der Waals surface area contributed by atoms with Gasteiger partial charge in [0.1, 0.15) is 5.75 Å². The van der Waals surface area contributed by atoms with E-state index in [1.807, 2.05) is 32.0 Å². The summed E-state index contributed by atoms with van der Waals surface area (Å²) in [5, 5.41) is 13.7. The topological polar surface area (TPSA) is 68.4 Å². The lowest BCUT2D eigenvalue weighted by molar-refractivity contribution is 0.141. The first-order valence-electron chi connectivity index (χ1n) is 6.73. The van der Waals surface area contributed by atoms with Gasteiger partial charge in [0.05, 0.1) is 24.7 Å². The predicted molar refractivity (Wildman–Crippen MR) is 75.7 cm³/mol. The summed E-state index contributed by atoms with van der Waals surface area (Å²) in [6.45, 7) is 5.70. The highest BCUT2D eigenvalue weighted by Crippen LogP contribution is 2.30. The van der Waals surface area contributed by atoms with Crippen LogP contribution < -0.4 is 4.74 Å². The number of aliphatic hydroxyl groups excluding tert-OH is 1. The second-order valence-electron chi connectivity index (χ2n) is 4.92.